The van der Waals surface area contributed by atoms with E-state index in [1.54, 1.807) is 30.1 Å². The molecule has 4 rings (SSSR count). The van der Waals surface area contributed by atoms with E-state index in [1.807, 2.05) is 0 Å². The average Bonchev–Trinajstić information content (AvgIpc) is 3.11. The number of thioether (sulfide) groups is 1. The fourth-order valence-corrected chi connectivity index (χ4v) is 3.87. The number of nitrogens with zero attached hydrogens (tertiary/aromatic N) is 4. The zero-order chi connectivity index (χ0) is 18.4. The van der Waals surface area contributed by atoms with Gasteiger partial charge in [-0.05, 0) is 30.3 Å². The number of aryl methyl sites for hydroxylation is 1. The van der Waals surface area contributed by atoms with Crippen molar-refractivity contribution in [3.05, 3.63) is 41.8 Å². The molecule has 2 aliphatic rings. The molecule has 134 valence electrons. The van der Waals surface area contributed by atoms with Crippen LogP contribution in [0.4, 0.5) is 9.18 Å². The predicted octanol–water partition coefficient (Wildman–Crippen LogP) is 1.75. The van der Waals surface area contributed by atoms with Crippen molar-refractivity contribution < 1.29 is 18.8 Å². The van der Waals surface area contributed by atoms with Crippen LogP contribution in [0.2, 0.25) is 0 Å². The molecule has 1 aromatic carbocycles. The summed E-state index contributed by atoms with van der Waals surface area (Å²) >= 11 is 0.995. The van der Waals surface area contributed by atoms with Crippen LogP contribution in [0, 0.1) is 5.82 Å². The Morgan fingerprint density at radius 3 is 2.54 bits per heavy atom. The SMILES string of the molecule is Cn1nc(-c2ccc(F)cc2)cc1C(=O)N1CC(N2C(=O)CSC2=O)C1. The first kappa shape index (κ1) is 16.8. The van der Waals surface area contributed by atoms with Crippen LogP contribution in [0.1, 0.15) is 10.5 Å². The van der Waals surface area contributed by atoms with Gasteiger partial charge in [0.25, 0.3) is 11.1 Å². The van der Waals surface area contributed by atoms with Crippen molar-refractivity contribution in [2.24, 2.45) is 7.05 Å². The second kappa shape index (κ2) is 6.24. The first-order chi connectivity index (χ1) is 12.4. The molecule has 0 spiro atoms. The number of likely N-dealkylation sites (tertiary alicyclic amines) is 1. The zero-order valence-electron chi connectivity index (χ0n) is 13.9. The number of carbonyl (C=O) groups is 3. The Balaban J connectivity index is 1.47. The molecule has 0 bridgehead atoms. The third kappa shape index (κ3) is 2.78. The third-order valence-corrected chi connectivity index (χ3v) is 5.37. The lowest BCUT2D eigenvalue weighted by Gasteiger charge is -2.42. The van der Waals surface area contributed by atoms with Crippen molar-refractivity contribution in [3.8, 4) is 11.3 Å². The monoisotopic (exact) mass is 374 g/mol. The second-order valence-electron chi connectivity index (χ2n) is 6.23. The summed E-state index contributed by atoms with van der Waals surface area (Å²) in [5.41, 5.74) is 1.69. The Labute approximate surface area is 152 Å². The van der Waals surface area contributed by atoms with Gasteiger partial charge < -0.3 is 4.90 Å². The van der Waals surface area contributed by atoms with E-state index in [4.69, 9.17) is 0 Å². The molecule has 9 heteroatoms. The lowest BCUT2D eigenvalue weighted by Crippen LogP contribution is -2.62. The molecule has 1 aromatic heterocycles. The molecule has 3 heterocycles. The summed E-state index contributed by atoms with van der Waals surface area (Å²) < 4.78 is 14.5. The first-order valence-electron chi connectivity index (χ1n) is 8.02. The molecule has 0 N–H and O–H groups in total. The molecule has 2 fully saturated rings. The van der Waals surface area contributed by atoms with E-state index in [-0.39, 0.29) is 34.7 Å². The van der Waals surface area contributed by atoms with Gasteiger partial charge in [0.05, 0.1) is 17.5 Å². The van der Waals surface area contributed by atoms with Gasteiger partial charge in [0, 0.05) is 25.7 Å². The number of amides is 3. The van der Waals surface area contributed by atoms with Crippen LogP contribution in [-0.4, -0.2) is 61.5 Å². The molecule has 26 heavy (non-hydrogen) atoms. The Bertz CT molecular complexity index is 889. The van der Waals surface area contributed by atoms with E-state index in [2.05, 4.69) is 5.10 Å². The maximum atomic E-state index is 13.1. The summed E-state index contributed by atoms with van der Waals surface area (Å²) in [6.45, 7) is 0.655. The topological polar surface area (TPSA) is 75.5 Å². The van der Waals surface area contributed by atoms with Crippen LogP contribution in [-0.2, 0) is 11.8 Å². The first-order valence-corrected chi connectivity index (χ1v) is 9.00. The highest BCUT2D eigenvalue weighted by Crippen LogP contribution is 2.27. The van der Waals surface area contributed by atoms with Crippen molar-refractivity contribution in [1.82, 2.24) is 19.6 Å². The summed E-state index contributed by atoms with van der Waals surface area (Å²) in [7, 11) is 1.67. The summed E-state index contributed by atoms with van der Waals surface area (Å²) in [4.78, 5) is 39.0. The summed E-state index contributed by atoms with van der Waals surface area (Å²) in [6, 6.07) is 7.30. The number of benzene rings is 1. The summed E-state index contributed by atoms with van der Waals surface area (Å²) in [5, 5.41) is 4.07. The Hall–Kier alpha value is -2.68. The van der Waals surface area contributed by atoms with Gasteiger partial charge in [-0.15, -0.1) is 0 Å². The molecule has 2 saturated heterocycles. The molecule has 0 atom stereocenters. The second-order valence-corrected chi connectivity index (χ2v) is 7.15. The highest BCUT2D eigenvalue weighted by molar-refractivity contribution is 8.14. The van der Waals surface area contributed by atoms with Crippen molar-refractivity contribution in [2.45, 2.75) is 6.04 Å². The average molecular weight is 374 g/mol. The van der Waals surface area contributed by atoms with Gasteiger partial charge in [-0.25, -0.2) is 4.39 Å². The fraction of sp³-hybridized carbons (Fsp3) is 0.294. The van der Waals surface area contributed by atoms with Crippen molar-refractivity contribution in [3.63, 3.8) is 0 Å². The summed E-state index contributed by atoms with van der Waals surface area (Å²) in [6.07, 6.45) is 0. The lowest BCUT2D eigenvalue weighted by molar-refractivity contribution is -0.128. The molecule has 2 aromatic rings. The number of imide groups is 1. The normalized spacial score (nSPS) is 17.8. The molecule has 3 amide bonds. The minimum Gasteiger partial charge on any atom is -0.333 e. The number of hydrogen-bond acceptors (Lipinski definition) is 5. The van der Waals surface area contributed by atoms with Gasteiger partial charge in [0.1, 0.15) is 11.5 Å². The molecule has 7 nitrogen and oxygen atoms in total. The third-order valence-electron chi connectivity index (χ3n) is 4.54. The van der Waals surface area contributed by atoms with Gasteiger partial charge in [0.2, 0.25) is 5.91 Å². The van der Waals surface area contributed by atoms with E-state index >= 15 is 0 Å². The number of rotatable bonds is 3. The lowest BCUT2D eigenvalue weighted by atomic mass is 10.1. The van der Waals surface area contributed by atoms with Gasteiger partial charge in [0.15, 0.2) is 0 Å². The molecule has 0 radical (unpaired) electrons. The van der Waals surface area contributed by atoms with Crippen molar-refractivity contribution in [1.29, 1.82) is 0 Å². The van der Waals surface area contributed by atoms with Crippen LogP contribution in [0.3, 0.4) is 0 Å². The van der Waals surface area contributed by atoms with Crippen LogP contribution >= 0.6 is 11.8 Å². The van der Waals surface area contributed by atoms with Crippen LogP contribution in [0.15, 0.2) is 30.3 Å². The number of hydrogen-bond donors (Lipinski definition) is 0. The Kier molecular flexibility index (Phi) is 4.03. The van der Waals surface area contributed by atoms with Crippen LogP contribution < -0.4 is 0 Å². The Morgan fingerprint density at radius 2 is 1.92 bits per heavy atom. The predicted molar refractivity (Wildman–Crippen MR) is 93.0 cm³/mol. The fourth-order valence-electron chi connectivity index (χ4n) is 3.09. The maximum Gasteiger partial charge on any atom is 0.289 e. The van der Waals surface area contributed by atoms with Crippen molar-refractivity contribution in [2.75, 3.05) is 18.8 Å². The number of halogens is 1. The van der Waals surface area contributed by atoms with Gasteiger partial charge in [-0.1, -0.05) is 11.8 Å². The standard InChI is InChI=1S/C17H15FN4O3S/c1-20-14(6-13(19-20)10-2-4-11(18)5-3-10)16(24)21-7-12(8-21)22-15(23)9-26-17(22)25/h2-6,12H,7-9H2,1H3. The maximum absolute atomic E-state index is 13.1. The van der Waals surface area contributed by atoms with E-state index in [1.165, 1.54) is 21.7 Å². The zero-order valence-corrected chi connectivity index (χ0v) is 14.7. The van der Waals surface area contributed by atoms with Crippen molar-refractivity contribution >= 4 is 28.8 Å². The number of carbonyl (C=O) groups excluding carboxylic acids is 3. The van der Waals surface area contributed by atoms with E-state index in [0.29, 0.717) is 30.0 Å². The molecule has 0 saturated carbocycles. The molecule has 0 aliphatic carbocycles. The van der Waals surface area contributed by atoms with Gasteiger partial charge in [-0.3, -0.25) is 24.0 Å². The highest BCUT2D eigenvalue weighted by atomic mass is 32.2. The molecule has 2 aliphatic heterocycles. The quantitative estimate of drug-likeness (QED) is 0.818. The minimum absolute atomic E-state index is 0.173. The summed E-state index contributed by atoms with van der Waals surface area (Å²) in [5.74, 6) is -0.573. The minimum atomic E-state index is -0.336. The van der Waals surface area contributed by atoms with E-state index in [0.717, 1.165) is 11.8 Å². The smallest absolute Gasteiger partial charge is 0.289 e. The Morgan fingerprint density at radius 1 is 1.23 bits per heavy atom. The molecular formula is C17H15FN4O3S. The van der Waals surface area contributed by atoms with Gasteiger partial charge >= 0.3 is 0 Å². The van der Waals surface area contributed by atoms with Gasteiger partial charge in [-0.2, -0.15) is 5.10 Å². The highest BCUT2D eigenvalue weighted by Gasteiger charge is 2.43. The van der Waals surface area contributed by atoms with E-state index < -0.39 is 0 Å². The van der Waals surface area contributed by atoms with Crippen LogP contribution in [0.25, 0.3) is 11.3 Å². The van der Waals surface area contributed by atoms with E-state index in [9.17, 15) is 18.8 Å². The molecular weight excluding hydrogens is 359 g/mol. The number of aromatic nitrogens is 2. The molecule has 0 unspecified atom stereocenters. The largest absolute Gasteiger partial charge is 0.333 e. The van der Waals surface area contributed by atoms with Crippen LogP contribution in [0.5, 0.6) is 0 Å².